The molecule has 3 aromatic rings. The molecule has 0 bridgehead atoms. The first kappa shape index (κ1) is 26.9. The third-order valence-electron chi connectivity index (χ3n) is 6.35. The summed E-state index contributed by atoms with van der Waals surface area (Å²) < 4.78 is 11.6. The number of hydrogen-bond acceptors (Lipinski definition) is 6. The molecule has 0 aliphatic carbocycles. The van der Waals surface area contributed by atoms with E-state index in [1.54, 1.807) is 42.7 Å². The number of ether oxygens (including phenoxy) is 2. The van der Waals surface area contributed by atoms with Gasteiger partial charge in [0.1, 0.15) is 17.3 Å². The van der Waals surface area contributed by atoms with Crippen molar-refractivity contribution in [2.45, 2.75) is 46.2 Å². The van der Waals surface area contributed by atoms with Crippen molar-refractivity contribution in [1.82, 2.24) is 9.88 Å². The molecule has 0 spiro atoms. The first-order chi connectivity index (χ1) is 18.4. The number of amides is 1. The molecule has 1 aliphatic rings. The lowest BCUT2D eigenvalue weighted by Crippen LogP contribution is -2.29. The van der Waals surface area contributed by atoms with E-state index in [0.717, 1.165) is 18.4 Å². The van der Waals surface area contributed by atoms with Gasteiger partial charge in [0.25, 0.3) is 11.7 Å². The number of nitrogens with zero attached hydrogens (tertiary/aromatic N) is 2. The number of pyridine rings is 1. The molecule has 1 unspecified atom stereocenters. The molecule has 1 saturated heterocycles. The zero-order valence-electron chi connectivity index (χ0n) is 22.1. The van der Waals surface area contributed by atoms with Gasteiger partial charge in [-0.3, -0.25) is 14.6 Å². The molecule has 1 atom stereocenters. The summed E-state index contributed by atoms with van der Waals surface area (Å²) in [4.78, 5) is 32.3. The topological polar surface area (TPSA) is 89.0 Å². The van der Waals surface area contributed by atoms with Crippen LogP contribution in [0.5, 0.6) is 11.5 Å². The molecule has 38 heavy (non-hydrogen) atoms. The number of Topliss-reactive ketones (excluding diaryl/α,β-unsaturated/α-hetero) is 1. The fourth-order valence-electron chi connectivity index (χ4n) is 4.35. The van der Waals surface area contributed by atoms with E-state index in [1.165, 1.54) is 4.90 Å². The minimum Gasteiger partial charge on any atom is -0.507 e. The average Bonchev–Trinajstić information content (AvgIpc) is 3.17. The largest absolute Gasteiger partial charge is 0.507 e. The van der Waals surface area contributed by atoms with Crippen LogP contribution in [0.4, 0.5) is 0 Å². The summed E-state index contributed by atoms with van der Waals surface area (Å²) in [7, 11) is 0. The number of rotatable bonds is 11. The Morgan fingerprint density at radius 1 is 1.00 bits per heavy atom. The lowest BCUT2D eigenvalue weighted by Gasteiger charge is -2.25. The number of likely N-dealkylation sites (tertiary alicyclic amines) is 1. The van der Waals surface area contributed by atoms with Crippen LogP contribution in [0.3, 0.4) is 0 Å². The highest BCUT2D eigenvalue weighted by molar-refractivity contribution is 6.46. The first-order valence-electron chi connectivity index (χ1n) is 13.0. The van der Waals surface area contributed by atoms with Gasteiger partial charge in [0.2, 0.25) is 0 Å². The molecule has 1 aliphatic heterocycles. The molecule has 2 heterocycles. The predicted molar refractivity (Wildman–Crippen MR) is 146 cm³/mol. The minimum absolute atomic E-state index is 0.0421. The summed E-state index contributed by atoms with van der Waals surface area (Å²) in [5.41, 5.74) is 1.93. The van der Waals surface area contributed by atoms with E-state index in [1.807, 2.05) is 37.3 Å². The van der Waals surface area contributed by atoms with Crippen LogP contribution in [0.25, 0.3) is 5.76 Å². The van der Waals surface area contributed by atoms with Crippen LogP contribution < -0.4 is 9.47 Å². The van der Waals surface area contributed by atoms with Crippen molar-refractivity contribution in [2.75, 3.05) is 13.2 Å². The Kier molecular flexibility index (Phi) is 8.79. The molecule has 7 nitrogen and oxygen atoms in total. The van der Waals surface area contributed by atoms with Crippen molar-refractivity contribution in [1.29, 1.82) is 0 Å². The second kappa shape index (κ2) is 12.4. The SMILES string of the molecule is CCCOc1ccc(/C(O)=C2\C(=O)C(=O)N(Cc3cccnc3)C2c2cccc(OCCC(C)C)c2)cc1. The zero-order valence-corrected chi connectivity index (χ0v) is 22.1. The average molecular weight is 515 g/mol. The molecule has 2 aromatic carbocycles. The van der Waals surface area contributed by atoms with Crippen molar-refractivity contribution in [3.63, 3.8) is 0 Å². The van der Waals surface area contributed by atoms with Gasteiger partial charge in [0.15, 0.2) is 0 Å². The Labute approximate surface area is 223 Å². The van der Waals surface area contributed by atoms with E-state index in [4.69, 9.17) is 9.47 Å². The van der Waals surface area contributed by atoms with Crippen LogP contribution in [0.15, 0.2) is 78.6 Å². The van der Waals surface area contributed by atoms with E-state index in [9.17, 15) is 14.7 Å². The molecule has 198 valence electrons. The molecule has 1 aromatic heterocycles. The summed E-state index contributed by atoms with van der Waals surface area (Å²) >= 11 is 0. The number of benzene rings is 2. The van der Waals surface area contributed by atoms with Gasteiger partial charge in [0, 0.05) is 24.5 Å². The molecule has 0 saturated carbocycles. The van der Waals surface area contributed by atoms with Crippen molar-refractivity contribution >= 4 is 17.4 Å². The number of aliphatic hydroxyl groups is 1. The van der Waals surface area contributed by atoms with Crippen molar-refractivity contribution in [2.24, 2.45) is 5.92 Å². The minimum atomic E-state index is -0.792. The smallest absolute Gasteiger partial charge is 0.295 e. The quantitative estimate of drug-likeness (QED) is 0.194. The third-order valence-corrected chi connectivity index (χ3v) is 6.35. The van der Waals surface area contributed by atoms with Crippen LogP contribution >= 0.6 is 0 Å². The molecule has 1 amide bonds. The number of aromatic nitrogens is 1. The maximum Gasteiger partial charge on any atom is 0.295 e. The van der Waals surface area contributed by atoms with Crippen LogP contribution in [-0.4, -0.2) is 39.9 Å². The lowest BCUT2D eigenvalue weighted by molar-refractivity contribution is -0.140. The van der Waals surface area contributed by atoms with Crippen LogP contribution in [0.1, 0.15) is 56.3 Å². The summed E-state index contributed by atoms with van der Waals surface area (Å²) in [6.07, 6.45) is 5.10. The third kappa shape index (κ3) is 6.22. The highest BCUT2D eigenvalue weighted by atomic mass is 16.5. The van der Waals surface area contributed by atoms with Gasteiger partial charge in [-0.05, 0) is 72.4 Å². The number of hydrogen-bond donors (Lipinski definition) is 1. The Balaban J connectivity index is 1.75. The summed E-state index contributed by atoms with van der Waals surface area (Å²) in [6.45, 7) is 7.60. The predicted octanol–water partition coefficient (Wildman–Crippen LogP) is 5.92. The number of carbonyl (C=O) groups excluding carboxylic acids is 2. The highest BCUT2D eigenvalue weighted by Gasteiger charge is 2.46. The number of ketones is 1. The van der Waals surface area contributed by atoms with Crippen LogP contribution in [-0.2, 0) is 16.1 Å². The van der Waals surface area contributed by atoms with Gasteiger partial charge >= 0.3 is 0 Å². The summed E-state index contributed by atoms with van der Waals surface area (Å²) in [6, 6.07) is 17.1. The molecule has 4 rings (SSSR count). The van der Waals surface area contributed by atoms with Gasteiger partial charge in [-0.15, -0.1) is 0 Å². The van der Waals surface area contributed by atoms with Gasteiger partial charge in [-0.25, -0.2) is 0 Å². The Morgan fingerprint density at radius 2 is 1.76 bits per heavy atom. The molecule has 1 N–H and O–H groups in total. The molecular formula is C31H34N2O5. The lowest BCUT2D eigenvalue weighted by atomic mass is 9.95. The number of carbonyl (C=O) groups is 2. The highest BCUT2D eigenvalue weighted by Crippen LogP contribution is 2.41. The maximum atomic E-state index is 13.4. The van der Waals surface area contributed by atoms with Gasteiger partial charge < -0.3 is 19.5 Å². The van der Waals surface area contributed by atoms with E-state index in [0.29, 0.717) is 41.8 Å². The fraction of sp³-hybridized carbons (Fsp3) is 0.323. The summed E-state index contributed by atoms with van der Waals surface area (Å²) in [5, 5.41) is 11.4. The molecule has 7 heteroatoms. The number of aliphatic hydroxyl groups excluding tert-OH is 1. The van der Waals surface area contributed by atoms with Gasteiger partial charge in [-0.2, -0.15) is 0 Å². The van der Waals surface area contributed by atoms with Crippen LogP contribution in [0.2, 0.25) is 0 Å². The van der Waals surface area contributed by atoms with Gasteiger partial charge in [0.05, 0.1) is 24.8 Å². The maximum absolute atomic E-state index is 13.4. The molecular weight excluding hydrogens is 480 g/mol. The molecule has 0 radical (unpaired) electrons. The van der Waals surface area contributed by atoms with E-state index in [2.05, 4.69) is 18.8 Å². The first-order valence-corrected chi connectivity index (χ1v) is 13.0. The monoisotopic (exact) mass is 514 g/mol. The zero-order chi connectivity index (χ0) is 27.1. The van der Waals surface area contributed by atoms with E-state index in [-0.39, 0.29) is 17.9 Å². The van der Waals surface area contributed by atoms with Gasteiger partial charge in [-0.1, -0.05) is 39.0 Å². The van der Waals surface area contributed by atoms with E-state index >= 15 is 0 Å². The standard InChI is InChI=1S/C31H34N2O5/c1-4-16-37-25-12-10-23(11-13-25)29(34)27-28(24-8-5-9-26(18-24)38-17-14-21(2)3)33(31(36)30(27)35)20-22-7-6-15-32-19-22/h5-13,15,18-19,21,28,34H,4,14,16-17,20H2,1-3H3/b29-27+. The van der Waals surface area contributed by atoms with Crippen molar-refractivity contribution < 1.29 is 24.2 Å². The summed E-state index contributed by atoms with van der Waals surface area (Å²) in [5.74, 6) is 0.192. The van der Waals surface area contributed by atoms with Crippen molar-refractivity contribution in [3.05, 3.63) is 95.3 Å². The Morgan fingerprint density at radius 3 is 2.45 bits per heavy atom. The van der Waals surface area contributed by atoms with Crippen LogP contribution in [0, 0.1) is 5.92 Å². The van der Waals surface area contributed by atoms with Crippen molar-refractivity contribution in [3.8, 4) is 11.5 Å². The van der Waals surface area contributed by atoms with E-state index < -0.39 is 17.7 Å². The Hall–Kier alpha value is -4.13. The normalized spacial score (nSPS) is 16.7. The fourth-order valence-corrected chi connectivity index (χ4v) is 4.35. The Bertz CT molecular complexity index is 1290. The second-order valence-electron chi connectivity index (χ2n) is 9.76. The molecule has 1 fully saturated rings. The second-order valence-corrected chi connectivity index (χ2v) is 9.76.